The van der Waals surface area contributed by atoms with Gasteiger partial charge < -0.3 is 20.3 Å². The molecule has 0 saturated carbocycles. The summed E-state index contributed by atoms with van der Waals surface area (Å²) < 4.78 is 21.2. The minimum atomic E-state index is -0.541. The van der Waals surface area contributed by atoms with Crippen molar-refractivity contribution in [3.05, 3.63) is 117 Å². The molecule has 3 aromatic rings. The highest BCUT2D eigenvalue weighted by Crippen LogP contribution is 2.38. The third-order valence-electron chi connectivity index (χ3n) is 11.3. The van der Waals surface area contributed by atoms with Crippen LogP contribution in [0.5, 0.6) is 5.75 Å². The van der Waals surface area contributed by atoms with Crippen molar-refractivity contribution in [2.45, 2.75) is 71.5 Å². The van der Waals surface area contributed by atoms with Gasteiger partial charge in [0.1, 0.15) is 17.6 Å². The Balaban J connectivity index is 0.958. The van der Waals surface area contributed by atoms with Crippen LogP contribution in [0, 0.1) is 11.7 Å². The molecule has 0 spiro atoms. The number of ether oxygens (including phenoxy) is 1. The summed E-state index contributed by atoms with van der Waals surface area (Å²) in [5.74, 6) is 0.389. The lowest BCUT2D eigenvalue weighted by Crippen LogP contribution is -2.47. The summed E-state index contributed by atoms with van der Waals surface area (Å²) in [4.78, 5) is 28.2. The van der Waals surface area contributed by atoms with E-state index in [-0.39, 0.29) is 24.1 Å². The number of benzene rings is 3. The van der Waals surface area contributed by atoms with E-state index in [0.29, 0.717) is 35.3 Å². The topological polar surface area (TPSA) is 85.9 Å². The van der Waals surface area contributed by atoms with Crippen molar-refractivity contribution in [1.29, 1.82) is 0 Å². The van der Waals surface area contributed by atoms with E-state index in [1.807, 2.05) is 18.3 Å². The number of halogens is 2. The van der Waals surface area contributed by atoms with Crippen LogP contribution in [0.15, 0.2) is 78.2 Å². The minimum absolute atomic E-state index is 0.270. The number of hydrogen-bond acceptors (Lipinski definition) is 7. The molecular formula is C42H47ClFN5O3. The van der Waals surface area contributed by atoms with Crippen LogP contribution in [0.4, 0.5) is 15.8 Å². The molecule has 272 valence electrons. The SMILES string of the molecule is C=C1NC=C(c2cc(Cl)c(CN3CCc4c(CC5CCN(c6ccc(NC7CCC(=O)NC7=O)cc6F)CC5)cccc4C3)c(OC)c2)C(C)=C1C. The zero-order valence-electron chi connectivity index (χ0n) is 30.2. The second-order valence-corrected chi connectivity index (χ2v) is 14.9. The van der Waals surface area contributed by atoms with E-state index in [1.165, 1.54) is 28.3 Å². The molecule has 2 amide bonds. The number of rotatable bonds is 9. The number of imide groups is 1. The van der Waals surface area contributed by atoms with Crippen LogP contribution in [0.2, 0.25) is 5.02 Å². The number of carbonyl (C=O) groups is 2. The van der Waals surface area contributed by atoms with Crippen molar-refractivity contribution in [3.8, 4) is 5.75 Å². The van der Waals surface area contributed by atoms with E-state index < -0.39 is 6.04 Å². The van der Waals surface area contributed by atoms with Crippen LogP contribution < -0.4 is 25.6 Å². The smallest absolute Gasteiger partial charge is 0.249 e. The van der Waals surface area contributed by atoms with Gasteiger partial charge in [0.2, 0.25) is 11.8 Å². The Bertz CT molecular complexity index is 1980. The molecule has 2 fully saturated rings. The highest BCUT2D eigenvalue weighted by molar-refractivity contribution is 6.31. The molecule has 52 heavy (non-hydrogen) atoms. The third-order valence-corrected chi connectivity index (χ3v) is 11.6. The Morgan fingerprint density at radius 3 is 2.58 bits per heavy atom. The van der Waals surface area contributed by atoms with Crippen LogP contribution in [0.3, 0.4) is 0 Å². The third kappa shape index (κ3) is 7.48. The number of hydrogen-bond donors (Lipinski definition) is 3. The lowest BCUT2D eigenvalue weighted by atomic mass is 9.85. The highest BCUT2D eigenvalue weighted by atomic mass is 35.5. The molecule has 0 aromatic heterocycles. The zero-order valence-corrected chi connectivity index (χ0v) is 31.0. The fourth-order valence-corrected chi connectivity index (χ4v) is 8.35. The molecule has 1 unspecified atom stereocenters. The number of piperidine rings is 2. The molecule has 0 aliphatic carbocycles. The molecule has 4 aliphatic rings. The molecule has 1 atom stereocenters. The van der Waals surface area contributed by atoms with Gasteiger partial charge in [-0.2, -0.15) is 0 Å². The molecule has 8 nitrogen and oxygen atoms in total. The van der Waals surface area contributed by atoms with Gasteiger partial charge in [0.25, 0.3) is 0 Å². The van der Waals surface area contributed by atoms with Crippen LogP contribution in [-0.2, 0) is 35.5 Å². The van der Waals surface area contributed by atoms with Gasteiger partial charge in [-0.1, -0.05) is 36.4 Å². The van der Waals surface area contributed by atoms with E-state index in [2.05, 4.69) is 70.4 Å². The van der Waals surface area contributed by atoms with E-state index in [9.17, 15) is 9.59 Å². The van der Waals surface area contributed by atoms with Crippen LogP contribution in [-0.4, -0.2) is 49.5 Å². The van der Waals surface area contributed by atoms with Gasteiger partial charge in [-0.05, 0) is 116 Å². The van der Waals surface area contributed by atoms with Gasteiger partial charge in [-0.25, -0.2) is 4.39 Å². The maximum Gasteiger partial charge on any atom is 0.249 e. The lowest BCUT2D eigenvalue weighted by molar-refractivity contribution is -0.133. The number of amides is 2. The molecular weight excluding hydrogens is 677 g/mol. The van der Waals surface area contributed by atoms with Gasteiger partial charge in [0.15, 0.2) is 0 Å². The van der Waals surface area contributed by atoms with Gasteiger partial charge in [-0.15, -0.1) is 0 Å². The maximum atomic E-state index is 15.3. The van der Waals surface area contributed by atoms with Crippen molar-refractivity contribution in [1.82, 2.24) is 15.5 Å². The van der Waals surface area contributed by atoms with Crippen molar-refractivity contribution >= 4 is 40.4 Å². The number of methoxy groups -OCH3 is 1. The van der Waals surface area contributed by atoms with Crippen molar-refractivity contribution < 1.29 is 18.7 Å². The number of carbonyl (C=O) groups excluding carboxylic acids is 2. The number of anilines is 2. The Hall–Kier alpha value is -4.60. The second-order valence-electron chi connectivity index (χ2n) is 14.5. The van der Waals surface area contributed by atoms with Gasteiger partial charge >= 0.3 is 0 Å². The molecule has 3 aromatic carbocycles. The first-order valence-electron chi connectivity index (χ1n) is 18.2. The minimum Gasteiger partial charge on any atom is -0.496 e. The second kappa shape index (κ2) is 15.2. The number of fused-ring (bicyclic) bond motifs is 1. The molecule has 10 heteroatoms. The number of dihydropyridines is 1. The number of nitrogens with one attached hydrogen (secondary N) is 3. The first-order chi connectivity index (χ1) is 25.1. The summed E-state index contributed by atoms with van der Waals surface area (Å²) in [5, 5.41) is 9.39. The summed E-state index contributed by atoms with van der Waals surface area (Å²) in [6.45, 7) is 12.4. The summed E-state index contributed by atoms with van der Waals surface area (Å²) in [5.41, 5.74) is 11.7. The molecule has 4 heterocycles. The van der Waals surface area contributed by atoms with Crippen LogP contribution in [0.1, 0.15) is 67.3 Å². The van der Waals surface area contributed by atoms with Crippen molar-refractivity contribution in [3.63, 3.8) is 0 Å². The highest BCUT2D eigenvalue weighted by Gasteiger charge is 2.28. The summed E-state index contributed by atoms with van der Waals surface area (Å²) >= 11 is 6.97. The molecule has 7 rings (SSSR count). The molecule has 0 radical (unpaired) electrons. The Kier molecular flexibility index (Phi) is 10.4. The summed E-state index contributed by atoms with van der Waals surface area (Å²) in [6, 6.07) is 15.4. The fourth-order valence-electron chi connectivity index (χ4n) is 8.08. The largest absolute Gasteiger partial charge is 0.496 e. The normalized spacial score (nSPS) is 19.9. The number of nitrogens with zero attached hydrogens (tertiary/aromatic N) is 2. The predicted octanol–water partition coefficient (Wildman–Crippen LogP) is 7.52. The van der Waals surface area contributed by atoms with Gasteiger partial charge in [-0.3, -0.25) is 19.8 Å². The van der Waals surface area contributed by atoms with Crippen molar-refractivity contribution in [2.24, 2.45) is 5.92 Å². The average molecular weight is 724 g/mol. The molecule has 3 N–H and O–H groups in total. The summed E-state index contributed by atoms with van der Waals surface area (Å²) in [7, 11) is 1.71. The average Bonchev–Trinajstić information content (AvgIpc) is 3.13. The first kappa shape index (κ1) is 35.8. The van der Waals surface area contributed by atoms with Gasteiger partial charge in [0, 0.05) is 72.9 Å². The molecule has 2 saturated heterocycles. The van der Waals surface area contributed by atoms with Crippen LogP contribution in [0.25, 0.3) is 5.57 Å². The van der Waals surface area contributed by atoms with Crippen LogP contribution >= 0.6 is 11.6 Å². The zero-order chi connectivity index (χ0) is 36.5. The standard InChI is InChI=1S/C42H47ClFN5O3/c1-25-26(2)34(22-45-27(25)3)31-19-36(43)35(40(20-31)52-4)24-48-15-14-33-29(6-5-7-30(33)23-48)18-28-12-16-49(17-13-28)39-10-8-32(21-37(39)44)46-38-9-11-41(50)47-42(38)51/h5-8,10,19-22,28,38,45-46H,3,9,11-18,23-24H2,1-2,4H3,(H,47,50,51). The van der Waals surface area contributed by atoms with E-state index in [0.717, 1.165) is 85.6 Å². The Morgan fingerprint density at radius 1 is 1.02 bits per heavy atom. The molecule has 0 bridgehead atoms. The summed E-state index contributed by atoms with van der Waals surface area (Å²) in [6.07, 6.45) is 6.67. The quantitative estimate of drug-likeness (QED) is 0.197. The number of allylic oxidation sites excluding steroid dienone is 3. The van der Waals surface area contributed by atoms with E-state index in [4.69, 9.17) is 16.3 Å². The Morgan fingerprint density at radius 2 is 1.83 bits per heavy atom. The lowest BCUT2D eigenvalue weighted by Gasteiger charge is -2.35. The van der Waals surface area contributed by atoms with E-state index in [1.54, 1.807) is 13.2 Å². The first-order valence-corrected chi connectivity index (χ1v) is 18.6. The van der Waals surface area contributed by atoms with E-state index >= 15 is 4.39 Å². The monoisotopic (exact) mass is 723 g/mol. The maximum absolute atomic E-state index is 15.3. The van der Waals surface area contributed by atoms with Gasteiger partial charge in [0.05, 0.1) is 12.8 Å². The molecule has 4 aliphatic heterocycles. The van der Waals surface area contributed by atoms with Crippen molar-refractivity contribution in [2.75, 3.05) is 37.0 Å². The predicted molar refractivity (Wildman–Crippen MR) is 206 cm³/mol. The Labute approximate surface area is 310 Å². The fraction of sp³-hybridized carbons (Fsp3) is 0.381.